The van der Waals surface area contributed by atoms with E-state index in [1.165, 1.54) is 0 Å². The summed E-state index contributed by atoms with van der Waals surface area (Å²) in [4.78, 5) is 0. The molecule has 0 aromatic heterocycles. The number of benzene rings is 1. The van der Waals surface area contributed by atoms with E-state index >= 15 is 0 Å². The first kappa shape index (κ1) is 16.0. The molecule has 116 valence electrons. The van der Waals surface area contributed by atoms with Gasteiger partial charge >= 0.3 is 0 Å². The van der Waals surface area contributed by atoms with Crippen molar-refractivity contribution in [3.63, 3.8) is 0 Å². The Balaban J connectivity index is 1.84. The molecule has 0 amide bonds. The second kappa shape index (κ2) is 7.07. The molecular formula is C17H24O4. The molecule has 1 aliphatic heterocycles. The zero-order valence-corrected chi connectivity index (χ0v) is 13.2. The third kappa shape index (κ3) is 4.56. The molecule has 2 rings (SSSR count). The molecule has 0 bridgehead atoms. The predicted octanol–water partition coefficient (Wildman–Crippen LogP) is 3.31. The van der Waals surface area contributed by atoms with Crippen LogP contribution in [0.3, 0.4) is 0 Å². The number of hydrogen-bond donors (Lipinski definition) is 0. The summed E-state index contributed by atoms with van der Waals surface area (Å²) >= 11 is 0. The highest BCUT2D eigenvalue weighted by Crippen LogP contribution is 2.29. The van der Waals surface area contributed by atoms with Gasteiger partial charge in [-0.3, -0.25) is 0 Å². The summed E-state index contributed by atoms with van der Waals surface area (Å²) in [5.41, 5.74) is 1.11. The van der Waals surface area contributed by atoms with Gasteiger partial charge in [-0.05, 0) is 38.5 Å². The van der Waals surface area contributed by atoms with Gasteiger partial charge in [0.1, 0.15) is 18.0 Å². The minimum Gasteiger partial charge on any atom is -0.497 e. The Hall–Kier alpha value is -1.36. The summed E-state index contributed by atoms with van der Waals surface area (Å²) in [6, 6.07) is 7.86. The predicted molar refractivity (Wildman–Crippen MR) is 81.3 cm³/mol. The van der Waals surface area contributed by atoms with E-state index in [1.54, 1.807) is 7.11 Å². The van der Waals surface area contributed by atoms with Gasteiger partial charge in [0.2, 0.25) is 0 Å². The average Bonchev–Trinajstić information content (AvgIpc) is 2.74. The Bertz CT molecular complexity index is 464. The van der Waals surface area contributed by atoms with Crippen LogP contribution in [0.1, 0.15) is 26.3 Å². The maximum Gasteiger partial charge on any atom is 0.164 e. The van der Waals surface area contributed by atoms with Gasteiger partial charge in [-0.1, -0.05) is 24.3 Å². The number of methoxy groups -OCH3 is 1. The van der Waals surface area contributed by atoms with Crippen molar-refractivity contribution in [3.05, 3.63) is 42.0 Å². The first-order chi connectivity index (χ1) is 10.0. The Labute approximate surface area is 126 Å². The van der Waals surface area contributed by atoms with Crippen LogP contribution in [0.4, 0.5) is 0 Å². The minimum atomic E-state index is -0.557. The summed E-state index contributed by atoms with van der Waals surface area (Å²) < 4.78 is 22.6. The maximum atomic E-state index is 5.87. The van der Waals surface area contributed by atoms with E-state index in [2.05, 4.69) is 0 Å². The van der Waals surface area contributed by atoms with E-state index in [9.17, 15) is 0 Å². The Morgan fingerprint density at radius 2 is 1.90 bits per heavy atom. The third-order valence-corrected chi connectivity index (χ3v) is 3.31. The van der Waals surface area contributed by atoms with E-state index in [4.69, 9.17) is 18.9 Å². The highest BCUT2D eigenvalue weighted by molar-refractivity contribution is 5.26. The molecule has 1 saturated heterocycles. The fourth-order valence-corrected chi connectivity index (χ4v) is 2.36. The summed E-state index contributed by atoms with van der Waals surface area (Å²) in [5, 5.41) is 0. The SMILES string of the molecule is C/C=C/[C@@H]1OC(C)(C)O[C@H]1COCc1ccc(OC)cc1. The highest BCUT2D eigenvalue weighted by atomic mass is 16.8. The Morgan fingerprint density at radius 3 is 2.52 bits per heavy atom. The van der Waals surface area contributed by atoms with Crippen LogP contribution in [-0.4, -0.2) is 31.7 Å². The molecule has 1 aromatic carbocycles. The van der Waals surface area contributed by atoms with Crippen LogP contribution >= 0.6 is 0 Å². The summed E-state index contributed by atoms with van der Waals surface area (Å²) in [7, 11) is 1.66. The minimum absolute atomic E-state index is 0.0548. The second-order valence-electron chi connectivity index (χ2n) is 5.53. The first-order valence-electron chi connectivity index (χ1n) is 7.23. The topological polar surface area (TPSA) is 36.9 Å². The normalized spacial score (nSPS) is 24.6. The van der Waals surface area contributed by atoms with Crippen molar-refractivity contribution in [2.24, 2.45) is 0 Å². The zero-order chi connectivity index (χ0) is 15.3. The number of rotatable bonds is 6. The molecular weight excluding hydrogens is 268 g/mol. The summed E-state index contributed by atoms with van der Waals surface area (Å²) in [6.07, 6.45) is 3.86. The molecule has 0 unspecified atom stereocenters. The average molecular weight is 292 g/mol. The number of hydrogen-bond acceptors (Lipinski definition) is 4. The van der Waals surface area contributed by atoms with Gasteiger partial charge in [0, 0.05) is 0 Å². The third-order valence-electron chi connectivity index (χ3n) is 3.31. The molecule has 1 aliphatic rings. The van der Waals surface area contributed by atoms with Gasteiger partial charge in [-0.25, -0.2) is 0 Å². The molecule has 0 aliphatic carbocycles. The zero-order valence-electron chi connectivity index (χ0n) is 13.2. The second-order valence-corrected chi connectivity index (χ2v) is 5.53. The van der Waals surface area contributed by atoms with Gasteiger partial charge in [-0.15, -0.1) is 0 Å². The standard InChI is InChI=1S/C17H24O4/c1-5-6-15-16(21-17(2,3)20-15)12-19-11-13-7-9-14(18-4)10-8-13/h5-10,15-16H,11-12H2,1-4H3/b6-5+/t15-,16-/m0/s1. The molecule has 21 heavy (non-hydrogen) atoms. The molecule has 0 spiro atoms. The number of allylic oxidation sites excluding steroid dienone is 1. The lowest BCUT2D eigenvalue weighted by Gasteiger charge is -2.16. The van der Waals surface area contributed by atoms with Crippen molar-refractivity contribution in [2.45, 2.75) is 45.4 Å². The maximum absolute atomic E-state index is 5.87. The lowest BCUT2D eigenvalue weighted by Crippen LogP contribution is -2.26. The smallest absolute Gasteiger partial charge is 0.164 e. The molecule has 1 fully saturated rings. The van der Waals surface area contributed by atoms with E-state index in [0.29, 0.717) is 13.2 Å². The van der Waals surface area contributed by atoms with Gasteiger partial charge in [0.15, 0.2) is 5.79 Å². The molecule has 0 N–H and O–H groups in total. The van der Waals surface area contributed by atoms with Gasteiger partial charge in [0.25, 0.3) is 0 Å². The van der Waals surface area contributed by atoms with E-state index < -0.39 is 5.79 Å². The summed E-state index contributed by atoms with van der Waals surface area (Å²) in [6.45, 7) is 6.88. The summed E-state index contributed by atoms with van der Waals surface area (Å²) in [5.74, 6) is 0.291. The molecule has 2 atom stereocenters. The fourth-order valence-electron chi connectivity index (χ4n) is 2.36. The van der Waals surface area contributed by atoms with Crippen LogP contribution in [0.25, 0.3) is 0 Å². The molecule has 4 nitrogen and oxygen atoms in total. The molecule has 0 radical (unpaired) electrons. The highest BCUT2D eigenvalue weighted by Gasteiger charge is 2.39. The molecule has 1 heterocycles. The molecule has 1 aromatic rings. The van der Waals surface area contributed by atoms with Crippen LogP contribution in [0, 0.1) is 0 Å². The Kier molecular flexibility index (Phi) is 5.39. The lowest BCUT2D eigenvalue weighted by atomic mass is 10.2. The quantitative estimate of drug-likeness (QED) is 0.754. The van der Waals surface area contributed by atoms with Crippen LogP contribution < -0.4 is 4.74 Å². The Morgan fingerprint density at radius 1 is 1.19 bits per heavy atom. The largest absolute Gasteiger partial charge is 0.497 e. The van der Waals surface area contributed by atoms with Crippen molar-refractivity contribution < 1.29 is 18.9 Å². The van der Waals surface area contributed by atoms with Crippen molar-refractivity contribution in [1.82, 2.24) is 0 Å². The van der Waals surface area contributed by atoms with Crippen molar-refractivity contribution >= 4 is 0 Å². The van der Waals surface area contributed by atoms with Gasteiger partial charge < -0.3 is 18.9 Å². The lowest BCUT2D eigenvalue weighted by molar-refractivity contribution is -0.148. The van der Waals surface area contributed by atoms with Crippen LogP contribution in [0.2, 0.25) is 0 Å². The molecule has 0 saturated carbocycles. The first-order valence-corrected chi connectivity index (χ1v) is 7.23. The van der Waals surface area contributed by atoms with Crippen molar-refractivity contribution in [2.75, 3.05) is 13.7 Å². The number of ether oxygens (including phenoxy) is 4. The van der Waals surface area contributed by atoms with Crippen LogP contribution in [0.15, 0.2) is 36.4 Å². The van der Waals surface area contributed by atoms with Gasteiger partial charge in [-0.2, -0.15) is 0 Å². The van der Waals surface area contributed by atoms with Crippen LogP contribution in [0.5, 0.6) is 5.75 Å². The van der Waals surface area contributed by atoms with Crippen molar-refractivity contribution in [3.8, 4) is 5.75 Å². The molecule has 4 heteroatoms. The van der Waals surface area contributed by atoms with E-state index in [-0.39, 0.29) is 12.2 Å². The van der Waals surface area contributed by atoms with E-state index in [1.807, 2.05) is 57.2 Å². The fraction of sp³-hybridized carbons (Fsp3) is 0.529. The van der Waals surface area contributed by atoms with Crippen LogP contribution in [-0.2, 0) is 20.8 Å². The van der Waals surface area contributed by atoms with E-state index in [0.717, 1.165) is 11.3 Å². The van der Waals surface area contributed by atoms with Gasteiger partial charge in [0.05, 0.1) is 20.3 Å². The monoisotopic (exact) mass is 292 g/mol. The van der Waals surface area contributed by atoms with Crippen molar-refractivity contribution in [1.29, 1.82) is 0 Å².